The minimum atomic E-state index is 0.652. The van der Waals surface area contributed by atoms with Crippen molar-refractivity contribution in [3.8, 4) is 11.5 Å². The summed E-state index contributed by atoms with van der Waals surface area (Å²) in [7, 11) is 5.15. The third-order valence-electron chi connectivity index (χ3n) is 4.21. The summed E-state index contributed by atoms with van der Waals surface area (Å²) < 4.78 is 16.0. The lowest BCUT2D eigenvalue weighted by Gasteiger charge is -2.13. The van der Waals surface area contributed by atoms with Crippen molar-refractivity contribution in [3.63, 3.8) is 0 Å². The van der Waals surface area contributed by atoms with Crippen LogP contribution in [0.2, 0.25) is 0 Å². The van der Waals surface area contributed by atoms with Crippen molar-refractivity contribution in [1.29, 1.82) is 0 Å². The molecule has 0 fully saturated rings. The zero-order valence-electron chi connectivity index (χ0n) is 17.0. The van der Waals surface area contributed by atoms with Gasteiger partial charge in [-0.1, -0.05) is 24.3 Å². The molecule has 152 valence electrons. The van der Waals surface area contributed by atoms with Crippen molar-refractivity contribution in [2.45, 2.75) is 19.4 Å². The molecule has 0 aliphatic heterocycles. The van der Waals surface area contributed by atoms with Crippen LogP contribution in [0, 0.1) is 0 Å². The predicted molar refractivity (Wildman–Crippen MR) is 113 cm³/mol. The van der Waals surface area contributed by atoms with E-state index in [9.17, 15) is 0 Å². The molecule has 0 aliphatic carbocycles. The van der Waals surface area contributed by atoms with E-state index in [4.69, 9.17) is 14.2 Å². The van der Waals surface area contributed by atoms with Crippen LogP contribution in [0.3, 0.4) is 0 Å². The molecule has 2 N–H and O–H groups in total. The molecule has 6 nitrogen and oxygen atoms in total. The van der Waals surface area contributed by atoms with E-state index in [0.717, 1.165) is 42.4 Å². The number of rotatable bonds is 11. The lowest BCUT2D eigenvalue weighted by Crippen LogP contribution is -2.37. The monoisotopic (exact) mass is 385 g/mol. The van der Waals surface area contributed by atoms with Crippen molar-refractivity contribution in [2.24, 2.45) is 4.99 Å². The molecular weight excluding hydrogens is 354 g/mol. The van der Waals surface area contributed by atoms with E-state index in [1.54, 1.807) is 21.3 Å². The molecule has 0 saturated carbocycles. The fourth-order valence-corrected chi connectivity index (χ4v) is 2.66. The Hall–Kier alpha value is -2.73. The third-order valence-corrected chi connectivity index (χ3v) is 4.21. The highest BCUT2D eigenvalue weighted by atomic mass is 16.5. The van der Waals surface area contributed by atoms with Crippen molar-refractivity contribution < 1.29 is 14.2 Å². The minimum Gasteiger partial charge on any atom is -0.497 e. The molecule has 2 aromatic rings. The SMILES string of the molecule is CN=C(NCCc1ccc(OC)cc1)NCc1cccc(OCCCOC)c1. The van der Waals surface area contributed by atoms with Crippen molar-refractivity contribution in [3.05, 3.63) is 59.7 Å². The van der Waals surface area contributed by atoms with E-state index in [-0.39, 0.29) is 0 Å². The number of aliphatic imine (C=N–C) groups is 1. The van der Waals surface area contributed by atoms with Crippen LogP contribution in [-0.2, 0) is 17.7 Å². The van der Waals surface area contributed by atoms with Gasteiger partial charge in [-0.15, -0.1) is 0 Å². The van der Waals surface area contributed by atoms with Gasteiger partial charge in [0, 0.05) is 40.3 Å². The lowest BCUT2D eigenvalue weighted by atomic mass is 10.1. The molecule has 2 rings (SSSR count). The zero-order valence-corrected chi connectivity index (χ0v) is 17.0. The average Bonchev–Trinajstić information content (AvgIpc) is 2.74. The first-order valence-corrected chi connectivity index (χ1v) is 9.53. The summed E-state index contributed by atoms with van der Waals surface area (Å²) in [6, 6.07) is 16.2. The summed E-state index contributed by atoms with van der Waals surface area (Å²) in [6.07, 6.45) is 1.79. The molecule has 0 aliphatic rings. The van der Waals surface area contributed by atoms with Gasteiger partial charge in [-0.05, 0) is 41.8 Å². The standard InChI is InChI=1S/C22H31N3O3/c1-23-22(24-13-12-18-8-10-20(27-3)11-9-18)25-17-19-6-4-7-21(16-19)28-15-5-14-26-2/h4,6-11,16H,5,12-15,17H2,1-3H3,(H2,23,24,25). The van der Waals surface area contributed by atoms with Gasteiger partial charge in [0.2, 0.25) is 0 Å². The second-order valence-corrected chi connectivity index (χ2v) is 6.29. The van der Waals surface area contributed by atoms with E-state index in [2.05, 4.69) is 33.8 Å². The Balaban J connectivity index is 1.73. The predicted octanol–water partition coefficient (Wildman–Crippen LogP) is 3.02. The number of benzene rings is 2. The van der Waals surface area contributed by atoms with E-state index in [1.807, 2.05) is 30.3 Å². The van der Waals surface area contributed by atoms with Crippen LogP contribution in [-0.4, -0.2) is 47.0 Å². The van der Waals surface area contributed by atoms with Gasteiger partial charge in [0.1, 0.15) is 11.5 Å². The Labute approximate surface area is 167 Å². The first-order chi connectivity index (χ1) is 13.7. The highest BCUT2D eigenvalue weighted by molar-refractivity contribution is 5.79. The number of guanidine groups is 1. The van der Waals surface area contributed by atoms with Gasteiger partial charge in [0.05, 0.1) is 13.7 Å². The molecule has 0 heterocycles. The highest BCUT2D eigenvalue weighted by Gasteiger charge is 2.01. The minimum absolute atomic E-state index is 0.652. The summed E-state index contributed by atoms with van der Waals surface area (Å²) in [5.74, 6) is 2.52. The van der Waals surface area contributed by atoms with Gasteiger partial charge in [-0.3, -0.25) is 4.99 Å². The van der Waals surface area contributed by atoms with Crippen LogP contribution < -0.4 is 20.1 Å². The topological polar surface area (TPSA) is 64.1 Å². The summed E-state index contributed by atoms with van der Waals surface area (Å²) in [5.41, 5.74) is 2.39. The fraction of sp³-hybridized carbons (Fsp3) is 0.409. The van der Waals surface area contributed by atoms with E-state index in [1.165, 1.54) is 5.56 Å². The Bertz CT molecular complexity index is 717. The molecule has 0 saturated heterocycles. The van der Waals surface area contributed by atoms with Crippen LogP contribution in [0.25, 0.3) is 0 Å². The summed E-state index contributed by atoms with van der Waals surface area (Å²) in [6.45, 7) is 2.84. The van der Waals surface area contributed by atoms with Crippen LogP contribution in [0.4, 0.5) is 0 Å². The van der Waals surface area contributed by atoms with Gasteiger partial charge in [-0.2, -0.15) is 0 Å². The molecule has 0 radical (unpaired) electrons. The molecule has 28 heavy (non-hydrogen) atoms. The smallest absolute Gasteiger partial charge is 0.191 e. The number of hydrogen-bond acceptors (Lipinski definition) is 4. The first-order valence-electron chi connectivity index (χ1n) is 9.53. The Morgan fingerprint density at radius 1 is 0.929 bits per heavy atom. The van der Waals surface area contributed by atoms with E-state index < -0.39 is 0 Å². The second-order valence-electron chi connectivity index (χ2n) is 6.29. The number of hydrogen-bond donors (Lipinski definition) is 2. The highest BCUT2D eigenvalue weighted by Crippen LogP contribution is 2.13. The van der Waals surface area contributed by atoms with Gasteiger partial charge in [-0.25, -0.2) is 0 Å². The quantitative estimate of drug-likeness (QED) is 0.354. The van der Waals surface area contributed by atoms with Crippen molar-refractivity contribution in [2.75, 3.05) is 41.0 Å². The molecular formula is C22H31N3O3. The Morgan fingerprint density at radius 2 is 1.75 bits per heavy atom. The molecule has 0 atom stereocenters. The maximum Gasteiger partial charge on any atom is 0.191 e. The third kappa shape index (κ3) is 7.88. The normalized spacial score (nSPS) is 11.2. The summed E-state index contributed by atoms with van der Waals surface area (Å²) in [4.78, 5) is 4.28. The molecule has 0 unspecified atom stereocenters. The number of nitrogens with zero attached hydrogens (tertiary/aromatic N) is 1. The Morgan fingerprint density at radius 3 is 2.46 bits per heavy atom. The molecule has 0 bridgehead atoms. The van der Waals surface area contributed by atoms with Crippen LogP contribution >= 0.6 is 0 Å². The van der Waals surface area contributed by atoms with Crippen molar-refractivity contribution >= 4 is 5.96 Å². The van der Waals surface area contributed by atoms with Gasteiger partial charge in [0.15, 0.2) is 5.96 Å². The molecule has 0 aromatic heterocycles. The lowest BCUT2D eigenvalue weighted by molar-refractivity contribution is 0.172. The molecule has 2 aromatic carbocycles. The molecule has 0 amide bonds. The first kappa shape index (κ1) is 21.6. The zero-order chi connectivity index (χ0) is 20.0. The Kier molecular flexibility index (Phi) is 9.72. The van der Waals surface area contributed by atoms with Crippen LogP contribution in [0.15, 0.2) is 53.5 Å². The van der Waals surface area contributed by atoms with Crippen molar-refractivity contribution in [1.82, 2.24) is 10.6 Å². The van der Waals surface area contributed by atoms with Crippen LogP contribution in [0.1, 0.15) is 17.5 Å². The van der Waals surface area contributed by atoms with Gasteiger partial charge < -0.3 is 24.8 Å². The number of ether oxygens (including phenoxy) is 3. The largest absolute Gasteiger partial charge is 0.497 e. The van der Waals surface area contributed by atoms with Crippen LogP contribution in [0.5, 0.6) is 11.5 Å². The molecule has 0 spiro atoms. The molecule has 6 heteroatoms. The van der Waals surface area contributed by atoms with Gasteiger partial charge in [0.25, 0.3) is 0 Å². The summed E-state index contributed by atoms with van der Waals surface area (Å²) >= 11 is 0. The summed E-state index contributed by atoms with van der Waals surface area (Å²) in [5, 5.41) is 6.68. The fourth-order valence-electron chi connectivity index (χ4n) is 2.66. The van der Waals surface area contributed by atoms with E-state index in [0.29, 0.717) is 19.8 Å². The van der Waals surface area contributed by atoms with Gasteiger partial charge >= 0.3 is 0 Å². The number of methoxy groups -OCH3 is 2. The average molecular weight is 386 g/mol. The maximum atomic E-state index is 5.75. The second kappa shape index (κ2) is 12.6. The number of nitrogens with one attached hydrogen (secondary N) is 2. The van der Waals surface area contributed by atoms with E-state index >= 15 is 0 Å². The maximum absolute atomic E-state index is 5.75.